The summed E-state index contributed by atoms with van der Waals surface area (Å²) in [5.74, 6) is 2.26. The third kappa shape index (κ3) is 18.2. The van der Waals surface area contributed by atoms with Crippen molar-refractivity contribution in [2.24, 2.45) is 20.0 Å². The van der Waals surface area contributed by atoms with Gasteiger partial charge in [0.05, 0.1) is 0 Å². The second kappa shape index (κ2) is 37.6. The van der Waals surface area contributed by atoms with Gasteiger partial charge in [0.1, 0.15) is 85.7 Å². The Morgan fingerprint density at radius 1 is 0.252 bits per heavy atom. The predicted molar refractivity (Wildman–Crippen MR) is 448 cm³/mol. The number of benzene rings is 12. The maximum atomic E-state index is 8.81. The van der Waals surface area contributed by atoms with Crippen molar-refractivity contribution in [3.05, 3.63) is 456 Å². The topological polar surface area (TPSA) is 155 Å². The maximum Gasteiger partial charge on any atom is 2.00 e. The van der Waals surface area contributed by atoms with E-state index in [-0.39, 0.29) is 41.2 Å². The van der Waals surface area contributed by atoms with Crippen LogP contribution in [0, 0.1) is 10.1 Å². The van der Waals surface area contributed by atoms with Crippen LogP contribution in [-0.4, -0.2) is 84.2 Å². The van der Waals surface area contributed by atoms with Gasteiger partial charge in [-0.25, -0.2) is 29.9 Å². The molecule has 4 atom stereocenters. The SMILES string of the molecule is C[N+](=O)[O-].[Fe+2].c1ccc([B-](c2ccccc2)(c2ccccc2)c2ccccc2)cc1.c1ccc([B-](c2ccccc2)(c2ccccc2)c2ccccc2)cc1.c1ccc([C@H]2COC(c3cccc(C4=N[C@@H](c5ccccc5)CO4)n3)=N2)cc1.c1ccc([C@H]2COC(c3cccc(C4=N[C@@H](c5ccccc5)CO4)n3)=N2)cc1. The Bertz CT molecular complexity index is 4550. The van der Waals surface area contributed by atoms with Gasteiger partial charge in [0.25, 0.3) is 0 Å². The summed E-state index contributed by atoms with van der Waals surface area (Å²) in [7, 11) is 0.889. The monoisotopic (exact) mass is 1490 g/mol. The first-order valence-electron chi connectivity index (χ1n) is 37.1. The zero-order valence-electron chi connectivity index (χ0n) is 61.3. The van der Waals surface area contributed by atoms with E-state index in [1.54, 1.807) is 0 Å². The number of nitro groups is 1. The molecule has 0 aliphatic carbocycles. The van der Waals surface area contributed by atoms with Crippen LogP contribution < -0.4 is 43.7 Å². The van der Waals surface area contributed by atoms with E-state index in [0.717, 1.165) is 29.3 Å². The van der Waals surface area contributed by atoms with Crippen molar-refractivity contribution < 1.29 is 40.9 Å². The van der Waals surface area contributed by atoms with E-state index in [2.05, 4.69) is 301 Å². The molecule has 0 saturated carbocycles. The molecule has 2 aromatic heterocycles. The molecule has 14 aromatic rings. The number of pyridine rings is 2. The fourth-order valence-electron chi connectivity index (χ4n) is 15.0. The predicted octanol–water partition coefficient (Wildman–Crippen LogP) is 14.3. The fraction of sp³-hybridized carbons (Fsp3) is 0.0947. The van der Waals surface area contributed by atoms with E-state index < -0.39 is 17.2 Å². The summed E-state index contributed by atoms with van der Waals surface area (Å²) in [6.45, 7) is 2.11. The van der Waals surface area contributed by atoms with E-state index in [4.69, 9.17) is 49.0 Å². The number of ether oxygens (including phenoxy) is 4. The van der Waals surface area contributed by atoms with Crippen molar-refractivity contribution in [1.29, 1.82) is 0 Å². The van der Waals surface area contributed by atoms with Crippen molar-refractivity contribution in [2.45, 2.75) is 24.2 Å². The van der Waals surface area contributed by atoms with Crippen LogP contribution >= 0.6 is 0 Å². The third-order valence-electron chi connectivity index (χ3n) is 20.1. The fourth-order valence-corrected chi connectivity index (χ4v) is 15.0. The Balaban J connectivity index is 0.000000127. The largest absolute Gasteiger partial charge is 2.00 e. The Labute approximate surface area is 659 Å². The molecule has 111 heavy (non-hydrogen) atoms. The Hall–Kier alpha value is -13.1. The molecule has 0 radical (unpaired) electrons. The van der Waals surface area contributed by atoms with Crippen LogP contribution in [0.25, 0.3) is 0 Å². The summed E-state index contributed by atoms with van der Waals surface area (Å²) in [5, 5.41) is 8.81. The van der Waals surface area contributed by atoms with Gasteiger partial charge in [-0.15, -0.1) is 0 Å². The minimum Gasteiger partial charge on any atom is -0.474 e. The molecule has 0 unspecified atom stereocenters. The van der Waals surface area contributed by atoms with Gasteiger partial charge < -0.3 is 18.9 Å². The van der Waals surface area contributed by atoms with Crippen molar-refractivity contribution in [3.8, 4) is 0 Å². The number of rotatable bonds is 16. The number of hydrogen-bond donors (Lipinski definition) is 0. The van der Waals surface area contributed by atoms with Gasteiger partial charge in [0.15, 0.2) is 7.05 Å². The summed E-state index contributed by atoms with van der Waals surface area (Å²) in [5.41, 5.74) is 18.1. The molecule has 546 valence electrons. The molecule has 16 heteroatoms. The molecular weight excluding hydrogens is 1410 g/mol. The normalized spacial score (nSPS) is 15.8. The van der Waals surface area contributed by atoms with E-state index in [1.165, 1.54) is 43.7 Å². The number of aromatic nitrogens is 2. The van der Waals surface area contributed by atoms with E-state index >= 15 is 0 Å². The van der Waals surface area contributed by atoms with E-state index in [0.29, 0.717) is 72.8 Å². The van der Waals surface area contributed by atoms with Crippen molar-refractivity contribution in [2.75, 3.05) is 33.5 Å². The molecule has 0 saturated heterocycles. The quantitative estimate of drug-likeness (QED) is 0.0526. The first kappa shape index (κ1) is 76.1. The Morgan fingerprint density at radius 2 is 0.396 bits per heavy atom. The average Bonchev–Trinajstić information content (AvgIpc) is 1.34. The second-order valence-electron chi connectivity index (χ2n) is 27.0. The molecule has 0 amide bonds. The summed E-state index contributed by atoms with van der Waals surface area (Å²) < 4.78 is 23.3. The molecule has 0 bridgehead atoms. The van der Waals surface area contributed by atoms with Crippen molar-refractivity contribution >= 4 is 79.6 Å². The molecule has 0 N–H and O–H groups in total. The minimum atomic E-state index is -1.22. The molecule has 0 fully saturated rings. The number of aliphatic imine (C=N–C) groups is 4. The summed E-state index contributed by atoms with van der Waals surface area (Å²) in [4.78, 5) is 36.5. The number of hydrogen-bond acceptors (Lipinski definition) is 12. The van der Waals surface area contributed by atoms with E-state index in [1.807, 2.05) is 109 Å². The van der Waals surface area contributed by atoms with Gasteiger partial charge in [0.2, 0.25) is 23.6 Å². The molecule has 13 nitrogen and oxygen atoms in total. The average molecular weight is 1490 g/mol. The molecule has 0 spiro atoms. The molecule has 6 heterocycles. The molecule has 12 aromatic carbocycles. The van der Waals surface area contributed by atoms with Gasteiger partial charge in [-0.05, 0) is 46.5 Å². The van der Waals surface area contributed by atoms with Crippen LogP contribution in [-0.2, 0) is 36.0 Å². The molecule has 18 rings (SSSR count). The third-order valence-corrected chi connectivity index (χ3v) is 20.1. The number of nitrogens with zero attached hydrogens (tertiary/aromatic N) is 7. The van der Waals surface area contributed by atoms with Crippen LogP contribution in [0.4, 0.5) is 0 Å². The van der Waals surface area contributed by atoms with Crippen LogP contribution in [0.1, 0.15) is 69.2 Å². The molecule has 4 aliphatic heterocycles. The minimum absolute atomic E-state index is 0. The van der Waals surface area contributed by atoms with Gasteiger partial charge in [0, 0.05) is 4.92 Å². The van der Waals surface area contributed by atoms with Crippen molar-refractivity contribution in [1.82, 2.24) is 9.97 Å². The van der Waals surface area contributed by atoms with Crippen LogP contribution in [0.3, 0.4) is 0 Å². The molecule has 4 aliphatic rings. The van der Waals surface area contributed by atoms with Gasteiger partial charge in [-0.3, -0.25) is 10.1 Å². The van der Waals surface area contributed by atoms with Gasteiger partial charge >= 0.3 is 17.1 Å². The van der Waals surface area contributed by atoms with E-state index in [9.17, 15) is 0 Å². The summed E-state index contributed by atoms with van der Waals surface area (Å²) in [6, 6.07) is 139. The van der Waals surface area contributed by atoms with Crippen molar-refractivity contribution in [3.63, 3.8) is 0 Å². The van der Waals surface area contributed by atoms with Crippen LogP contribution in [0.5, 0.6) is 0 Å². The summed E-state index contributed by atoms with van der Waals surface area (Å²) >= 11 is 0. The zero-order valence-corrected chi connectivity index (χ0v) is 62.4. The first-order chi connectivity index (χ1) is 54.3. The Morgan fingerprint density at radius 3 is 0.550 bits per heavy atom. The standard InChI is InChI=1S/2C24H20B.2C23H19N3O2.CH3NO2.Fe/c2*1-5-13-21(14-6-1)25(22-15-7-2-8-16-22,23-17-9-3-10-18-23)24-19-11-4-12-20-24;2*1-3-8-16(9-4-1)20-14-27-22(25-20)18-12-7-13-19(24-18)23-26-21(15-28-23)17-10-5-2-6-11-17;1-2(3)4;/h2*1-20H;2*1-13,20-21H,14-15H2;1H3;/q2*-1;;;;+2/t;;2*20-,21-;;/m..11../s1. The molecular formula is C95H81B2FeN7O6. The second-order valence-corrected chi connectivity index (χ2v) is 27.0. The maximum absolute atomic E-state index is 8.81. The zero-order chi connectivity index (χ0) is 75.0. The van der Waals surface area contributed by atoms with Crippen LogP contribution in [0.2, 0.25) is 0 Å². The van der Waals surface area contributed by atoms with Crippen LogP contribution in [0.15, 0.2) is 420 Å². The smallest absolute Gasteiger partial charge is 0.474 e. The van der Waals surface area contributed by atoms with Gasteiger partial charge in [-0.1, -0.05) is 376 Å². The Kier molecular flexibility index (Phi) is 25.8. The van der Waals surface area contributed by atoms with Gasteiger partial charge in [-0.2, -0.15) is 43.7 Å². The summed E-state index contributed by atoms with van der Waals surface area (Å²) in [6.07, 6.45) is -2.43. The first-order valence-corrected chi connectivity index (χ1v) is 37.1.